The van der Waals surface area contributed by atoms with E-state index < -0.39 is 0 Å². The lowest BCUT2D eigenvalue weighted by Gasteiger charge is -2.26. The number of benzene rings is 1. The number of hydrogen-bond donors (Lipinski definition) is 1. The minimum atomic E-state index is 0.0237. The van der Waals surface area contributed by atoms with E-state index in [1.807, 2.05) is 25.1 Å². The number of aryl methyl sites for hydroxylation is 1. The monoisotopic (exact) mass is 304 g/mol. The van der Waals surface area contributed by atoms with Crippen molar-refractivity contribution in [2.45, 2.75) is 51.5 Å². The van der Waals surface area contributed by atoms with E-state index in [1.165, 1.54) is 38.5 Å². The molecule has 0 aromatic heterocycles. The third kappa shape index (κ3) is 4.73. The smallest absolute Gasteiger partial charge is 0.238 e. The molecule has 1 fully saturated rings. The zero-order valence-corrected chi connectivity index (χ0v) is 14.0. The molecule has 122 valence electrons. The first-order valence-electron chi connectivity index (χ1n) is 8.25. The Morgan fingerprint density at radius 2 is 1.95 bits per heavy atom. The zero-order chi connectivity index (χ0) is 15.9. The Labute approximate surface area is 133 Å². The fourth-order valence-electron chi connectivity index (χ4n) is 3.16. The SMILES string of the molecule is COc1ccc(C)cc1NC(=O)CN(C)C1CCCCCC1. The minimum Gasteiger partial charge on any atom is -0.495 e. The number of methoxy groups -OCH3 is 1. The van der Waals surface area contributed by atoms with Gasteiger partial charge in [0.05, 0.1) is 19.3 Å². The largest absolute Gasteiger partial charge is 0.495 e. The normalized spacial score (nSPS) is 16.4. The highest BCUT2D eigenvalue weighted by Crippen LogP contribution is 2.25. The summed E-state index contributed by atoms with van der Waals surface area (Å²) in [6.45, 7) is 2.44. The molecule has 1 aromatic carbocycles. The molecule has 1 aliphatic rings. The quantitative estimate of drug-likeness (QED) is 0.845. The van der Waals surface area contributed by atoms with Crippen LogP contribution in [0, 0.1) is 6.92 Å². The van der Waals surface area contributed by atoms with Crippen LogP contribution in [0.5, 0.6) is 5.75 Å². The second-order valence-corrected chi connectivity index (χ2v) is 6.31. The Kier molecular flexibility index (Phi) is 6.25. The molecule has 2 rings (SSSR count). The number of hydrogen-bond acceptors (Lipinski definition) is 3. The van der Waals surface area contributed by atoms with Gasteiger partial charge in [-0.15, -0.1) is 0 Å². The van der Waals surface area contributed by atoms with Crippen molar-refractivity contribution >= 4 is 11.6 Å². The molecule has 4 heteroatoms. The average molecular weight is 304 g/mol. The van der Waals surface area contributed by atoms with Crippen LogP contribution >= 0.6 is 0 Å². The summed E-state index contributed by atoms with van der Waals surface area (Å²) in [5, 5.41) is 2.98. The standard InChI is InChI=1S/C18H28N2O2/c1-14-10-11-17(22-3)16(12-14)19-18(21)13-20(2)15-8-6-4-5-7-9-15/h10-12,15H,4-9,13H2,1-3H3,(H,19,21). The van der Waals surface area contributed by atoms with Gasteiger partial charge in [-0.2, -0.15) is 0 Å². The maximum atomic E-state index is 12.3. The number of carbonyl (C=O) groups is 1. The number of rotatable bonds is 5. The highest BCUT2D eigenvalue weighted by Gasteiger charge is 2.19. The van der Waals surface area contributed by atoms with Crippen LogP contribution in [-0.4, -0.2) is 37.6 Å². The van der Waals surface area contributed by atoms with E-state index >= 15 is 0 Å². The van der Waals surface area contributed by atoms with Gasteiger partial charge in [0, 0.05) is 6.04 Å². The topological polar surface area (TPSA) is 41.6 Å². The molecule has 0 radical (unpaired) electrons. The summed E-state index contributed by atoms with van der Waals surface area (Å²) in [4.78, 5) is 14.5. The van der Waals surface area contributed by atoms with Crippen LogP contribution in [0.2, 0.25) is 0 Å². The first-order valence-corrected chi connectivity index (χ1v) is 8.25. The Hall–Kier alpha value is -1.55. The number of ether oxygens (including phenoxy) is 1. The van der Waals surface area contributed by atoms with Crippen LogP contribution in [0.25, 0.3) is 0 Å². The fraction of sp³-hybridized carbons (Fsp3) is 0.611. The Balaban J connectivity index is 1.93. The van der Waals surface area contributed by atoms with Crippen molar-refractivity contribution in [1.82, 2.24) is 4.90 Å². The zero-order valence-electron chi connectivity index (χ0n) is 14.0. The van der Waals surface area contributed by atoms with Crippen molar-refractivity contribution in [1.29, 1.82) is 0 Å². The first kappa shape index (κ1) is 16.8. The molecule has 0 spiro atoms. The van der Waals surface area contributed by atoms with Gasteiger partial charge in [0.2, 0.25) is 5.91 Å². The van der Waals surface area contributed by atoms with Crippen LogP contribution in [0.15, 0.2) is 18.2 Å². The fourth-order valence-corrected chi connectivity index (χ4v) is 3.16. The van der Waals surface area contributed by atoms with Crippen LogP contribution in [0.4, 0.5) is 5.69 Å². The third-order valence-corrected chi connectivity index (χ3v) is 4.47. The molecule has 0 bridgehead atoms. The number of likely N-dealkylation sites (N-methyl/N-ethyl adjacent to an activating group) is 1. The predicted octanol–water partition coefficient (Wildman–Crippen LogP) is 3.60. The highest BCUT2D eigenvalue weighted by molar-refractivity contribution is 5.93. The molecule has 1 amide bonds. The summed E-state index contributed by atoms with van der Waals surface area (Å²) in [7, 11) is 3.68. The van der Waals surface area contributed by atoms with Gasteiger partial charge < -0.3 is 10.1 Å². The third-order valence-electron chi connectivity index (χ3n) is 4.47. The van der Waals surface area contributed by atoms with E-state index in [4.69, 9.17) is 4.74 Å². The second-order valence-electron chi connectivity index (χ2n) is 6.31. The van der Waals surface area contributed by atoms with Crippen LogP contribution in [0.1, 0.15) is 44.1 Å². The summed E-state index contributed by atoms with van der Waals surface area (Å²) in [5.41, 5.74) is 1.86. The summed E-state index contributed by atoms with van der Waals surface area (Å²) < 4.78 is 5.31. The van der Waals surface area contributed by atoms with Crippen molar-refractivity contribution in [2.24, 2.45) is 0 Å². The first-order chi connectivity index (χ1) is 10.6. The Morgan fingerprint density at radius 3 is 2.59 bits per heavy atom. The van der Waals surface area contributed by atoms with Crippen LogP contribution < -0.4 is 10.1 Å². The van der Waals surface area contributed by atoms with Crippen molar-refractivity contribution in [3.8, 4) is 5.75 Å². The summed E-state index contributed by atoms with van der Waals surface area (Å²) in [5.74, 6) is 0.728. The molecule has 1 N–H and O–H groups in total. The maximum absolute atomic E-state index is 12.3. The van der Waals surface area contributed by atoms with E-state index in [1.54, 1.807) is 7.11 Å². The second kappa shape index (κ2) is 8.18. The Morgan fingerprint density at radius 1 is 1.27 bits per heavy atom. The molecule has 0 unspecified atom stereocenters. The van der Waals surface area contributed by atoms with Crippen molar-refractivity contribution in [3.05, 3.63) is 23.8 Å². The van der Waals surface area contributed by atoms with Crippen LogP contribution in [0.3, 0.4) is 0 Å². The molecule has 0 atom stereocenters. The van der Waals surface area contributed by atoms with Gasteiger partial charge in [-0.25, -0.2) is 0 Å². The van der Waals surface area contributed by atoms with Crippen molar-refractivity contribution in [2.75, 3.05) is 26.0 Å². The Bertz CT molecular complexity index is 494. The minimum absolute atomic E-state index is 0.0237. The molecule has 22 heavy (non-hydrogen) atoms. The number of anilines is 1. The number of nitrogens with one attached hydrogen (secondary N) is 1. The van der Waals surface area contributed by atoms with E-state index in [2.05, 4.69) is 17.3 Å². The molecule has 0 heterocycles. The van der Waals surface area contributed by atoms with Gasteiger partial charge in [0.25, 0.3) is 0 Å². The van der Waals surface area contributed by atoms with Gasteiger partial charge in [-0.3, -0.25) is 9.69 Å². The lowest BCUT2D eigenvalue weighted by atomic mass is 10.1. The highest BCUT2D eigenvalue weighted by atomic mass is 16.5. The number of carbonyl (C=O) groups excluding carboxylic acids is 1. The summed E-state index contributed by atoms with van der Waals surface area (Å²) in [6, 6.07) is 6.35. The van der Waals surface area contributed by atoms with Gasteiger partial charge in [0.1, 0.15) is 5.75 Å². The van der Waals surface area contributed by atoms with Crippen molar-refractivity contribution in [3.63, 3.8) is 0 Å². The van der Waals surface area contributed by atoms with Crippen LogP contribution in [-0.2, 0) is 4.79 Å². The van der Waals surface area contributed by atoms with E-state index in [-0.39, 0.29) is 5.91 Å². The maximum Gasteiger partial charge on any atom is 0.238 e. The number of nitrogens with zero attached hydrogens (tertiary/aromatic N) is 1. The molecule has 4 nitrogen and oxygen atoms in total. The molecule has 1 saturated carbocycles. The molecule has 1 aliphatic carbocycles. The van der Waals surface area contributed by atoms with Crippen molar-refractivity contribution < 1.29 is 9.53 Å². The predicted molar refractivity (Wildman–Crippen MR) is 90.5 cm³/mol. The lowest BCUT2D eigenvalue weighted by Crippen LogP contribution is -2.37. The van der Waals surface area contributed by atoms with E-state index in [0.717, 1.165) is 11.3 Å². The van der Waals surface area contributed by atoms with E-state index in [9.17, 15) is 4.79 Å². The van der Waals surface area contributed by atoms with Gasteiger partial charge in [-0.05, 0) is 44.5 Å². The number of amides is 1. The molecule has 0 saturated heterocycles. The molecular formula is C18H28N2O2. The van der Waals surface area contributed by atoms with E-state index in [0.29, 0.717) is 18.3 Å². The van der Waals surface area contributed by atoms with Gasteiger partial charge in [-0.1, -0.05) is 31.7 Å². The molecule has 1 aromatic rings. The lowest BCUT2D eigenvalue weighted by molar-refractivity contribution is -0.117. The summed E-state index contributed by atoms with van der Waals surface area (Å²) >= 11 is 0. The summed E-state index contributed by atoms with van der Waals surface area (Å²) in [6.07, 6.45) is 7.63. The van der Waals surface area contributed by atoms with Gasteiger partial charge in [0.15, 0.2) is 0 Å². The van der Waals surface area contributed by atoms with Gasteiger partial charge >= 0.3 is 0 Å². The average Bonchev–Trinajstić information content (AvgIpc) is 2.76. The molecular weight excluding hydrogens is 276 g/mol. The molecule has 0 aliphatic heterocycles.